The van der Waals surface area contributed by atoms with Gasteiger partial charge in [0.25, 0.3) is 0 Å². The van der Waals surface area contributed by atoms with Crippen molar-refractivity contribution in [2.45, 2.75) is 31.0 Å². The van der Waals surface area contributed by atoms with Crippen LogP contribution in [-0.4, -0.2) is 7.85 Å². The molecule has 0 aromatic heterocycles. The zero-order valence-corrected chi connectivity index (χ0v) is 16.5. The largest absolute Gasteiger partial charge is 0.111 e. The highest BCUT2D eigenvalue weighted by atomic mass is 15.4. The van der Waals surface area contributed by atoms with E-state index in [0.29, 0.717) is 0 Å². The summed E-state index contributed by atoms with van der Waals surface area (Å²) in [5, 5.41) is 0.920. The van der Waals surface area contributed by atoms with E-state index in [-0.39, 0.29) is 0 Å². The third kappa shape index (κ3) is 0.335. The molecule has 0 radical (unpaired) electrons. The molecule has 16 aliphatic carbocycles. The van der Waals surface area contributed by atoms with Crippen molar-refractivity contribution in [2.24, 2.45) is 127 Å². The zero-order chi connectivity index (χ0) is 16.5. The van der Waals surface area contributed by atoms with Gasteiger partial charge in [0.2, 0.25) is 0 Å². The fourth-order valence-corrected chi connectivity index (χ4v) is 24.0. The van der Waals surface area contributed by atoms with Crippen molar-refractivity contribution < 1.29 is 0 Å². The summed E-state index contributed by atoms with van der Waals surface area (Å²) in [5.74, 6) is 19.8. The molecule has 0 N–H and O–H groups in total. The van der Waals surface area contributed by atoms with Gasteiger partial charge in [0.15, 0.2) is 0 Å². The van der Waals surface area contributed by atoms with Crippen molar-refractivity contribution in [3.8, 4) is 0 Å². The van der Waals surface area contributed by atoms with Crippen molar-refractivity contribution in [1.29, 1.82) is 0 Å². The number of rotatable bonds is 0. The number of fused-ring (bicyclic) bond motifs is 12. The summed E-state index contributed by atoms with van der Waals surface area (Å²) in [6, 6.07) is 0. The fourth-order valence-electron chi connectivity index (χ4n) is 24.0. The Morgan fingerprint density at radius 2 is 1.14 bits per heavy atom. The molecule has 16 saturated carbocycles. The Hall–Kier alpha value is 0.0649. The lowest BCUT2D eigenvalue weighted by Gasteiger charge is -3.35. The van der Waals surface area contributed by atoms with Crippen LogP contribution in [-0.2, 0) is 0 Å². The lowest BCUT2D eigenvalue weighted by atomic mass is 8.68. The lowest BCUT2D eigenvalue weighted by Crippen LogP contribution is -3.32. The Morgan fingerprint density at radius 1 is 0.536 bits per heavy atom. The average molecular weight is 360 g/mol. The molecule has 22 unspecified atom stereocenters. The third-order valence-electron chi connectivity index (χ3n) is 20.9. The van der Waals surface area contributed by atoms with E-state index < -0.39 is 0 Å². The van der Waals surface area contributed by atoms with E-state index in [1.807, 2.05) is 0 Å². The molecule has 0 bridgehead atoms. The summed E-state index contributed by atoms with van der Waals surface area (Å²) in [4.78, 5) is 0. The Balaban J connectivity index is 1.05. The molecule has 23 atom stereocenters. The summed E-state index contributed by atoms with van der Waals surface area (Å²) >= 11 is 0. The minimum Gasteiger partial charge on any atom is -0.0466 e. The molecule has 0 heterocycles. The van der Waals surface area contributed by atoms with Crippen LogP contribution in [0.25, 0.3) is 0 Å². The molecule has 0 aromatic carbocycles. The molecule has 0 amide bonds. The second-order valence-electron chi connectivity index (χ2n) is 16.8. The van der Waals surface area contributed by atoms with Gasteiger partial charge in [0.1, 0.15) is 7.85 Å². The maximum Gasteiger partial charge on any atom is 0.111 e. The van der Waals surface area contributed by atoms with Gasteiger partial charge in [-0.1, -0.05) is 0 Å². The van der Waals surface area contributed by atoms with Crippen molar-refractivity contribution in [1.82, 2.24) is 0 Å². The predicted molar refractivity (Wildman–Crippen MR) is 99.1 cm³/mol. The average Bonchev–Trinajstić information content (AvgIpc) is 2.56. The van der Waals surface area contributed by atoms with Crippen LogP contribution in [0, 0.1) is 127 Å². The van der Waals surface area contributed by atoms with Gasteiger partial charge < -0.3 is 0 Å². The molecule has 28 heavy (non-hydrogen) atoms. The first kappa shape index (κ1) is 11.1. The van der Waals surface area contributed by atoms with Crippen LogP contribution < -0.4 is 0 Å². The van der Waals surface area contributed by atoms with Crippen LogP contribution in [0.2, 0.25) is 5.31 Å². The minimum atomic E-state index is 0.920. The monoisotopic (exact) mass is 360 g/mol. The van der Waals surface area contributed by atoms with Gasteiger partial charge in [0.05, 0.1) is 0 Å². The van der Waals surface area contributed by atoms with Gasteiger partial charge in [-0.05, 0) is 158 Å². The highest BCUT2D eigenvalue weighted by molar-refractivity contribution is 6.21. The van der Waals surface area contributed by atoms with Gasteiger partial charge in [-0.15, -0.1) is 0 Å². The van der Waals surface area contributed by atoms with Crippen LogP contribution in [0.1, 0.15) is 25.7 Å². The third-order valence-corrected chi connectivity index (χ3v) is 20.9. The predicted octanol–water partition coefficient (Wildman–Crippen LogP) is 2.70. The van der Waals surface area contributed by atoms with E-state index in [0.717, 1.165) is 43.2 Å². The molecule has 16 rings (SSSR count). The van der Waals surface area contributed by atoms with Crippen LogP contribution in [0.15, 0.2) is 0 Å². The Labute approximate surface area is 165 Å². The first-order valence-electron chi connectivity index (χ1n) is 13.8. The van der Waals surface area contributed by atoms with Gasteiger partial charge >= 0.3 is 0 Å². The zero-order valence-electron chi connectivity index (χ0n) is 16.5. The van der Waals surface area contributed by atoms with Gasteiger partial charge in [-0.25, -0.2) is 0 Å². The molecule has 0 aliphatic heterocycles. The topological polar surface area (TPSA) is 0 Å². The normalized spacial score (nSPS) is 116. The SMILES string of the molecule is B[C@@]12C3CC4CC5C6C7C8C9C%10C%11CC%12CC%13C%14C%15C%16C1C7(C8%16C9%15C%10%14C%12%11%13)C62C453. The Morgan fingerprint density at radius 3 is 1.89 bits per heavy atom. The Kier molecular flexibility index (Phi) is 0.773. The van der Waals surface area contributed by atoms with E-state index in [2.05, 4.69) is 7.85 Å². The van der Waals surface area contributed by atoms with E-state index in [9.17, 15) is 0 Å². The molecular formula is C27H25B. The molecular weight excluding hydrogens is 335 g/mol. The molecule has 7 spiro atoms. The quantitative estimate of drug-likeness (QED) is 0.583. The van der Waals surface area contributed by atoms with Crippen LogP contribution >= 0.6 is 0 Å². The van der Waals surface area contributed by atoms with Crippen molar-refractivity contribution in [3.63, 3.8) is 0 Å². The van der Waals surface area contributed by atoms with Gasteiger partial charge in [0, 0.05) is 0 Å². The molecule has 0 nitrogen and oxygen atoms in total. The Bertz CT molecular complexity index is 1290. The lowest BCUT2D eigenvalue weighted by molar-refractivity contribution is -0.876. The van der Waals surface area contributed by atoms with Gasteiger partial charge in [-0.2, -0.15) is 0 Å². The summed E-state index contributed by atoms with van der Waals surface area (Å²) in [7, 11) is 2.93. The molecule has 16 aliphatic rings. The first-order valence-corrected chi connectivity index (χ1v) is 13.8. The van der Waals surface area contributed by atoms with Crippen LogP contribution in [0.3, 0.4) is 0 Å². The second kappa shape index (κ2) is 1.95. The standard InChI is InChI=1S/C27H25B/c28-26-10-4-6-3-9-13-16-17-14-11-7-1-5-2-8-12-15-18-19(26)25(16,27(13,26)21(6,9)10)24(17,18)23(14,15)22(11,12)20(5,7)8/h5-19H,1-4,28H2/t5?,6?,7?,8?,9?,10?,11?,12?,13?,14?,15?,16?,17?,18?,19?,20?,21?,22?,23?,24?,25?,26-,27?/m0/s1. The van der Waals surface area contributed by atoms with Crippen molar-refractivity contribution in [2.75, 3.05) is 0 Å². The van der Waals surface area contributed by atoms with E-state index >= 15 is 0 Å². The van der Waals surface area contributed by atoms with Crippen molar-refractivity contribution in [3.05, 3.63) is 0 Å². The first-order chi connectivity index (χ1) is 13.8. The van der Waals surface area contributed by atoms with Crippen LogP contribution in [0.5, 0.6) is 0 Å². The highest BCUT2D eigenvalue weighted by Gasteiger charge is 3.33. The van der Waals surface area contributed by atoms with E-state index in [1.165, 1.54) is 88.8 Å². The van der Waals surface area contributed by atoms with Crippen molar-refractivity contribution >= 4 is 7.85 Å². The molecule has 136 valence electrons. The molecule has 0 aromatic rings. The summed E-state index contributed by atoms with van der Waals surface area (Å²) in [6.45, 7) is 0. The summed E-state index contributed by atoms with van der Waals surface area (Å²) in [5.41, 5.74) is 7.45. The number of hydrogen-bond acceptors (Lipinski definition) is 0. The molecule has 0 saturated heterocycles. The minimum absolute atomic E-state index is 0.920. The summed E-state index contributed by atoms with van der Waals surface area (Å²) < 4.78 is 0. The number of hydrogen-bond donors (Lipinski definition) is 0. The highest BCUT2D eigenvalue weighted by Crippen LogP contribution is 3.36. The van der Waals surface area contributed by atoms with E-state index in [4.69, 9.17) is 0 Å². The maximum absolute atomic E-state index is 2.93. The van der Waals surface area contributed by atoms with E-state index in [1.54, 1.807) is 25.7 Å². The fraction of sp³-hybridized carbons (Fsp3) is 1.00. The van der Waals surface area contributed by atoms with Gasteiger partial charge in [-0.3, -0.25) is 0 Å². The maximum atomic E-state index is 2.93. The smallest absolute Gasteiger partial charge is 0.0466 e. The second-order valence-corrected chi connectivity index (χ2v) is 16.8. The van der Waals surface area contributed by atoms with Crippen LogP contribution in [0.4, 0.5) is 0 Å². The molecule has 16 fully saturated rings. The molecule has 1 heteroatoms. The summed E-state index contributed by atoms with van der Waals surface area (Å²) in [6.07, 6.45) is 6.90.